The van der Waals surface area contributed by atoms with Gasteiger partial charge >= 0.3 is 5.97 Å². The van der Waals surface area contributed by atoms with Crippen molar-refractivity contribution in [1.29, 1.82) is 0 Å². The summed E-state index contributed by atoms with van der Waals surface area (Å²) in [6, 6.07) is 2.90. The fourth-order valence-corrected chi connectivity index (χ4v) is 2.28. The van der Waals surface area contributed by atoms with E-state index in [9.17, 15) is 9.59 Å². The molecule has 0 aliphatic heterocycles. The lowest BCUT2D eigenvalue weighted by Crippen LogP contribution is -2.07. The molecule has 6 nitrogen and oxygen atoms in total. The third kappa shape index (κ3) is 2.57. The predicted molar refractivity (Wildman–Crippen MR) is 64.9 cm³/mol. The molecule has 2 aromatic rings. The summed E-state index contributed by atoms with van der Waals surface area (Å²) < 4.78 is 0. The first-order chi connectivity index (χ1) is 8.58. The van der Waals surface area contributed by atoms with Gasteiger partial charge < -0.3 is 10.1 Å². The molecule has 2 heterocycles. The number of nitrogens with one attached hydrogen (secondary N) is 1. The van der Waals surface area contributed by atoms with Crippen LogP contribution in [0.4, 0.5) is 0 Å². The van der Waals surface area contributed by atoms with Crippen LogP contribution in [0.1, 0.15) is 15.9 Å². The highest BCUT2D eigenvalue weighted by Gasteiger charge is 2.16. The van der Waals surface area contributed by atoms with Gasteiger partial charge in [0.15, 0.2) is 5.16 Å². The Bertz CT molecular complexity index is 654. The number of rotatable bonds is 3. The largest absolute Gasteiger partial charge is 0.478 e. The molecule has 0 radical (unpaired) electrons. The van der Waals surface area contributed by atoms with E-state index in [1.807, 2.05) is 0 Å². The molecule has 0 aliphatic carbocycles. The van der Waals surface area contributed by atoms with Crippen LogP contribution >= 0.6 is 11.8 Å². The zero-order valence-corrected chi connectivity index (χ0v) is 10.2. The van der Waals surface area contributed by atoms with Gasteiger partial charge in [-0.15, -0.1) is 0 Å². The molecular weight excluding hydrogens is 254 g/mol. The minimum absolute atomic E-state index is 0.119. The maximum atomic E-state index is 11.2. The molecule has 0 fully saturated rings. The predicted octanol–water partition coefficient (Wildman–Crippen LogP) is 1.32. The van der Waals surface area contributed by atoms with E-state index >= 15 is 0 Å². The monoisotopic (exact) mass is 263 g/mol. The Kier molecular flexibility index (Phi) is 3.42. The summed E-state index contributed by atoms with van der Waals surface area (Å²) in [6.45, 7) is 1.69. The molecule has 18 heavy (non-hydrogen) atoms. The third-order valence-electron chi connectivity index (χ3n) is 2.18. The maximum absolute atomic E-state index is 11.2. The lowest BCUT2D eigenvalue weighted by molar-refractivity contribution is 0.0691. The number of aromatic carboxylic acids is 1. The smallest absolute Gasteiger partial charge is 0.338 e. The van der Waals surface area contributed by atoms with Gasteiger partial charge in [0.2, 0.25) is 0 Å². The average Bonchev–Trinajstić information content (AvgIpc) is 2.28. The van der Waals surface area contributed by atoms with Crippen molar-refractivity contribution in [2.24, 2.45) is 0 Å². The number of aromatic nitrogens is 3. The van der Waals surface area contributed by atoms with E-state index in [1.165, 1.54) is 18.5 Å². The highest BCUT2D eigenvalue weighted by molar-refractivity contribution is 7.99. The Labute approximate surface area is 106 Å². The molecule has 0 spiro atoms. The molecule has 0 unspecified atom stereocenters. The van der Waals surface area contributed by atoms with Crippen LogP contribution in [-0.4, -0.2) is 26.0 Å². The highest BCUT2D eigenvalue weighted by atomic mass is 32.2. The number of aryl methyl sites for hydroxylation is 1. The molecule has 0 amide bonds. The van der Waals surface area contributed by atoms with Crippen LogP contribution in [0.15, 0.2) is 39.5 Å². The van der Waals surface area contributed by atoms with Crippen molar-refractivity contribution in [3.63, 3.8) is 0 Å². The first-order valence-corrected chi connectivity index (χ1v) is 5.81. The average molecular weight is 263 g/mol. The molecule has 0 aromatic carbocycles. The van der Waals surface area contributed by atoms with Crippen molar-refractivity contribution >= 4 is 17.7 Å². The van der Waals surface area contributed by atoms with Gasteiger partial charge in [0.05, 0.1) is 5.56 Å². The summed E-state index contributed by atoms with van der Waals surface area (Å²) in [6.07, 6.45) is 2.88. The van der Waals surface area contributed by atoms with Gasteiger partial charge in [0, 0.05) is 18.5 Å². The van der Waals surface area contributed by atoms with Crippen LogP contribution in [0.5, 0.6) is 0 Å². The zero-order valence-electron chi connectivity index (χ0n) is 9.38. The summed E-state index contributed by atoms with van der Waals surface area (Å²) in [7, 11) is 0. The second kappa shape index (κ2) is 5.01. The van der Waals surface area contributed by atoms with Crippen molar-refractivity contribution < 1.29 is 9.90 Å². The van der Waals surface area contributed by atoms with Crippen molar-refractivity contribution in [2.45, 2.75) is 17.1 Å². The van der Waals surface area contributed by atoms with Gasteiger partial charge in [0.25, 0.3) is 5.56 Å². The van der Waals surface area contributed by atoms with Crippen molar-refractivity contribution in [3.05, 3.63) is 46.0 Å². The molecule has 0 aliphatic rings. The number of nitrogens with zero attached hydrogens (tertiary/aromatic N) is 2. The molecule has 0 saturated heterocycles. The van der Waals surface area contributed by atoms with Gasteiger partial charge in [-0.25, -0.2) is 14.8 Å². The number of hydrogen-bond donors (Lipinski definition) is 2. The topological polar surface area (TPSA) is 95.9 Å². The van der Waals surface area contributed by atoms with E-state index in [-0.39, 0.29) is 11.1 Å². The van der Waals surface area contributed by atoms with Crippen molar-refractivity contribution in [3.8, 4) is 0 Å². The van der Waals surface area contributed by atoms with Gasteiger partial charge in [-0.2, -0.15) is 0 Å². The lowest BCUT2D eigenvalue weighted by atomic mass is 10.2. The summed E-state index contributed by atoms with van der Waals surface area (Å²) >= 11 is 1.01. The normalized spacial score (nSPS) is 10.3. The molecular formula is C11H9N3O3S. The number of pyridine rings is 1. The number of H-pyrrole nitrogens is 1. The Hall–Kier alpha value is -2.15. The number of carboxylic acids is 1. The summed E-state index contributed by atoms with van der Waals surface area (Å²) in [5, 5.41) is 9.74. The van der Waals surface area contributed by atoms with E-state index in [1.54, 1.807) is 13.0 Å². The second-order valence-corrected chi connectivity index (χ2v) is 4.43. The molecule has 0 atom stereocenters. The molecule has 2 N–H and O–H groups in total. The standard InChI is InChI=1S/C11H9N3O3S/c1-6-2-4-12-9(8(6)10(16)17)18-11-13-5-3-7(15)14-11/h2-5H,1H3,(H,16,17)(H,13,14,15). The number of carboxylic acid groups (broad SMARTS) is 1. The van der Waals surface area contributed by atoms with Crippen LogP contribution in [-0.2, 0) is 0 Å². The maximum Gasteiger partial charge on any atom is 0.338 e. The molecule has 2 rings (SSSR count). The summed E-state index contributed by atoms with van der Waals surface area (Å²) in [4.78, 5) is 32.7. The van der Waals surface area contributed by atoms with Crippen LogP contribution in [0.2, 0.25) is 0 Å². The van der Waals surface area contributed by atoms with E-state index in [4.69, 9.17) is 5.11 Å². The number of hydrogen-bond acceptors (Lipinski definition) is 5. The van der Waals surface area contributed by atoms with Gasteiger partial charge in [-0.3, -0.25) is 4.79 Å². The first kappa shape index (κ1) is 12.3. The van der Waals surface area contributed by atoms with Crippen molar-refractivity contribution in [2.75, 3.05) is 0 Å². The SMILES string of the molecule is Cc1ccnc(Sc2nccc(=O)[nH]2)c1C(=O)O. The lowest BCUT2D eigenvalue weighted by Gasteiger charge is -2.06. The minimum atomic E-state index is -1.05. The van der Waals surface area contributed by atoms with Crippen LogP contribution in [0.3, 0.4) is 0 Å². The minimum Gasteiger partial charge on any atom is -0.478 e. The molecule has 2 aromatic heterocycles. The fourth-order valence-electron chi connectivity index (χ4n) is 1.37. The van der Waals surface area contributed by atoms with E-state index in [0.29, 0.717) is 15.7 Å². The van der Waals surface area contributed by atoms with E-state index < -0.39 is 5.97 Å². The Morgan fingerprint density at radius 3 is 2.72 bits per heavy atom. The summed E-state index contributed by atoms with van der Waals surface area (Å²) in [5.74, 6) is -1.05. The van der Waals surface area contributed by atoms with Gasteiger partial charge in [-0.1, -0.05) is 0 Å². The van der Waals surface area contributed by atoms with E-state index in [2.05, 4.69) is 15.0 Å². The van der Waals surface area contributed by atoms with Gasteiger partial charge in [-0.05, 0) is 30.3 Å². The fraction of sp³-hybridized carbons (Fsp3) is 0.0909. The molecule has 0 bridgehead atoms. The van der Waals surface area contributed by atoms with Crippen molar-refractivity contribution in [1.82, 2.24) is 15.0 Å². The zero-order chi connectivity index (χ0) is 13.1. The van der Waals surface area contributed by atoms with Crippen LogP contribution < -0.4 is 5.56 Å². The third-order valence-corrected chi connectivity index (χ3v) is 3.08. The first-order valence-electron chi connectivity index (χ1n) is 5.00. The number of aromatic amines is 1. The highest BCUT2D eigenvalue weighted by Crippen LogP contribution is 2.26. The second-order valence-electron chi connectivity index (χ2n) is 3.45. The van der Waals surface area contributed by atoms with Gasteiger partial charge in [0.1, 0.15) is 5.03 Å². The number of carbonyl (C=O) groups is 1. The summed E-state index contributed by atoms with van der Waals surface area (Å²) in [5.41, 5.74) is 0.435. The molecule has 0 saturated carbocycles. The van der Waals surface area contributed by atoms with E-state index in [0.717, 1.165) is 11.8 Å². The quantitative estimate of drug-likeness (QED) is 0.811. The Balaban J connectivity index is 2.43. The van der Waals surface area contributed by atoms with Crippen LogP contribution in [0, 0.1) is 6.92 Å². The van der Waals surface area contributed by atoms with Crippen LogP contribution in [0.25, 0.3) is 0 Å². The molecule has 7 heteroatoms. The Morgan fingerprint density at radius 2 is 2.06 bits per heavy atom. The Morgan fingerprint density at radius 1 is 1.33 bits per heavy atom. The molecule has 92 valence electrons.